The number of thiazole rings is 1. The lowest BCUT2D eigenvalue weighted by Gasteiger charge is -2.56. The van der Waals surface area contributed by atoms with Gasteiger partial charge in [0, 0.05) is 23.5 Å². The number of aromatic nitrogens is 3. The van der Waals surface area contributed by atoms with Crippen LogP contribution in [-0.4, -0.2) is 20.7 Å². The molecule has 0 spiro atoms. The van der Waals surface area contributed by atoms with Gasteiger partial charge in [-0.15, -0.1) is 0 Å². The molecule has 4 aliphatic carbocycles. The molecule has 2 heterocycles. The number of allylic oxidation sites excluding steroid dienone is 2. The zero-order valence-corrected chi connectivity index (χ0v) is 19.1. The fourth-order valence-electron chi connectivity index (χ4n) is 7.39. The first kappa shape index (κ1) is 19.4. The summed E-state index contributed by atoms with van der Waals surface area (Å²) in [5, 5.41) is 8.43. The van der Waals surface area contributed by atoms with Crippen molar-refractivity contribution in [3.05, 3.63) is 35.1 Å². The van der Waals surface area contributed by atoms with Gasteiger partial charge < -0.3 is 11.2 Å². The monoisotopic (exact) mass is 434 g/mol. The van der Waals surface area contributed by atoms with Gasteiger partial charge >= 0.3 is 0 Å². The van der Waals surface area contributed by atoms with Crippen LogP contribution in [0, 0.1) is 28.6 Å². The maximum Gasteiger partial charge on any atom is 0.228 e. The second-order valence-electron chi connectivity index (χ2n) is 10.2. The largest absolute Gasteiger partial charge is 0.323 e. The molecule has 6 nitrogen and oxygen atoms in total. The Morgan fingerprint density at radius 2 is 1.90 bits per heavy atom. The zero-order chi connectivity index (χ0) is 21.2. The third-order valence-corrected chi connectivity index (χ3v) is 10.0. The molecule has 7 heteroatoms. The summed E-state index contributed by atoms with van der Waals surface area (Å²) in [6.07, 6.45) is 14.3. The Morgan fingerprint density at radius 1 is 1.10 bits per heavy atom. The quantitative estimate of drug-likeness (QED) is 0.502. The van der Waals surface area contributed by atoms with E-state index >= 15 is 0 Å². The van der Waals surface area contributed by atoms with Crippen LogP contribution in [-0.2, 0) is 6.42 Å². The summed E-state index contributed by atoms with van der Waals surface area (Å²) in [5.41, 5.74) is 4.51. The maximum atomic E-state index is 5.79. The van der Waals surface area contributed by atoms with E-state index in [1.54, 1.807) is 29.3 Å². The Morgan fingerprint density at radius 3 is 2.71 bits per heavy atom. The topological polar surface area (TPSA) is 89.1 Å². The molecule has 2 saturated carbocycles. The van der Waals surface area contributed by atoms with Crippen LogP contribution in [0.15, 0.2) is 29.6 Å². The summed E-state index contributed by atoms with van der Waals surface area (Å²) < 4.78 is 0. The van der Waals surface area contributed by atoms with E-state index in [-0.39, 0.29) is 10.8 Å². The first-order valence-electron chi connectivity index (χ1n) is 11.5. The van der Waals surface area contributed by atoms with Crippen LogP contribution < -0.4 is 11.2 Å². The second kappa shape index (κ2) is 6.86. The molecule has 0 aliphatic heterocycles. The van der Waals surface area contributed by atoms with Gasteiger partial charge in [0.2, 0.25) is 5.95 Å². The summed E-state index contributed by atoms with van der Waals surface area (Å²) in [4.78, 5) is 14.9. The molecule has 6 rings (SSSR count). The van der Waals surface area contributed by atoms with Gasteiger partial charge in [-0.2, -0.15) is 5.10 Å². The number of aryl methyl sites for hydroxylation is 1. The van der Waals surface area contributed by atoms with Crippen molar-refractivity contribution in [2.45, 2.75) is 58.8 Å². The minimum absolute atomic E-state index is 0.217. The van der Waals surface area contributed by atoms with Crippen molar-refractivity contribution in [1.82, 2.24) is 15.0 Å². The van der Waals surface area contributed by atoms with E-state index in [0.717, 1.165) is 35.7 Å². The van der Waals surface area contributed by atoms with Gasteiger partial charge in [0.05, 0.1) is 10.6 Å². The SMILES string of the molecule is C[C@]12CCc3nc(Nc4ncccn4)sc3C1=CC[C@@H]1[C@@H]2CC[C@]2(C)/C(=N/N)CC[C@@H]12. The molecule has 3 N–H and O–H groups in total. The highest BCUT2D eigenvalue weighted by molar-refractivity contribution is 7.16. The maximum absolute atomic E-state index is 5.79. The third-order valence-electron chi connectivity index (χ3n) is 8.97. The number of hydrogen-bond acceptors (Lipinski definition) is 7. The zero-order valence-electron chi connectivity index (χ0n) is 18.3. The number of hydrogen-bond donors (Lipinski definition) is 2. The number of nitrogens with one attached hydrogen (secondary N) is 1. The summed E-state index contributed by atoms with van der Waals surface area (Å²) >= 11 is 1.77. The van der Waals surface area contributed by atoms with Crippen molar-refractivity contribution in [2.24, 2.45) is 39.5 Å². The highest BCUT2D eigenvalue weighted by Crippen LogP contribution is 2.65. The molecule has 5 atom stereocenters. The van der Waals surface area contributed by atoms with Crippen molar-refractivity contribution < 1.29 is 0 Å². The van der Waals surface area contributed by atoms with Crippen molar-refractivity contribution in [3.63, 3.8) is 0 Å². The molecular formula is C24H30N6S. The number of nitrogens with two attached hydrogens (primary N) is 1. The molecule has 4 aliphatic rings. The normalized spacial score (nSPS) is 37.4. The number of fused-ring (bicyclic) bond motifs is 7. The predicted octanol–water partition coefficient (Wildman–Crippen LogP) is 5.17. The number of anilines is 2. The number of hydrazone groups is 1. The lowest BCUT2D eigenvalue weighted by molar-refractivity contribution is 0.0117. The van der Waals surface area contributed by atoms with Crippen LogP contribution in [0.25, 0.3) is 5.57 Å². The Bertz CT molecular complexity index is 1070. The average Bonchev–Trinajstić information content (AvgIpc) is 3.33. The van der Waals surface area contributed by atoms with Gasteiger partial charge in [-0.1, -0.05) is 31.3 Å². The summed E-state index contributed by atoms with van der Waals surface area (Å²) in [6.45, 7) is 4.96. The Kier molecular flexibility index (Phi) is 4.29. The lowest BCUT2D eigenvalue weighted by Crippen LogP contribution is -2.49. The minimum Gasteiger partial charge on any atom is -0.323 e. The molecule has 2 aromatic heterocycles. The molecule has 0 bridgehead atoms. The van der Waals surface area contributed by atoms with E-state index in [1.807, 2.05) is 6.07 Å². The van der Waals surface area contributed by atoms with Crippen LogP contribution in [0.2, 0.25) is 0 Å². The highest BCUT2D eigenvalue weighted by Gasteiger charge is 2.58. The highest BCUT2D eigenvalue weighted by atomic mass is 32.1. The third kappa shape index (κ3) is 2.75. The number of nitrogens with zero attached hydrogens (tertiary/aromatic N) is 4. The molecule has 0 saturated heterocycles. The average molecular weight is 435 g/mol. The van der Waals surface area contributed by atoms with Crippen LogP contribution >= 0.6 is 11.3 Å². The van der Waals surface area contributed by atoms with Gasteiger partial charge in [0.1, 0.15) is 0 Å². The summed E-state index contributed by atoms with van der Waals surface area (Å²) in [6, 6.07) is 1.83. The molecule has 0 unspecified atom stereocenters. The Balaban J connectivity index is 1.34. The van der Waals surface area contributed by atoms with Gasteiger partial charge in [-0.3, -0.25) is 0 Å². The van der Waals surface area contributed by atoms with E-state index in [1.165, 1.54) is 48.4 Å². The first-order chi connectivity index (χ1) is 15.0. The standard InChI is InChI=1S/C24H30N6S/c1-23-11-9-18-20(31-22(28-18)29-21-26-12-3-13-27-21)17(23)5-4-14-15-6-7-19(30-25)24(15,2)10-8-16(14)23/h3,5,12-16H,4,6-11,25H2,1-2H3,(H,26,27,28,29)/b30-19+/t14-,15-,16-,23+,24-/m0/s1. The van der Waals surface area contributed by atoms with Crippen LogP contribution in [0.5, 0.6) is 0 Å². The Labute approximate surface area is 187 Å². The van der Waals surface area contributed by atoms with Crippen molar-refractivity contribution >= 4 is 33.7 Å². The lowest BCUT2D eigenvalue weighted by atomic mass is 9.48. The summed E-state index contributed by atoms with van der Waals surface area (Å²) in [5.74, 6) is 8.61. The first-order valence-corrected chi connectivity index (χ1v) is 12.4. The number of rotatable bonds is 2. The summed E-state index contributed by atoms with van der Waals surface area (Å²) in [7, 11) is 0. The van der Waals surface area contributed by atoms with Crippen LogP contribution in [0.3, 0.4) is 0 Å². The van der Waals surface area contributed by atoms with Crippen molar-refractivity contribution in [3.8, 4) is 0 Å². The minimum atomic E-state index is 0.217. The van der Waals surface area contributed by atoms with E-state index in [0.29, 0.717) is 5.95 Å². The molecule has 0 amide bonds. The van der Waals surface area contributed by atoms with E-state index in [2.05, 4.69) is 40.3 Å². The smallest absolute Gasteiger partial charge is 0.228 e. The van der Waals surface area contributed by atoms with Crippen LogP contribution in [0.4, 0.5) is 11.1 Å². The molecule has 2 aromatic rings. The van der Waals surface area contributed by atoms with Crippen molar-refractivity contribution in [1.29, 1.82) is 0 Å². The van der Waals surface area contributed by atoms with E-state index in [9.17, 15) is 0 Å². The van der Waals surface area contributed by atoms with E-state index in [4.69, 9.17) is 10.8 Å². The fraction of sp³-hybridized carbons (Fsp3) is 0.583. The second-order valence-corrected chi connectivity index (χ2v) is 11.2. The molecule has 162 valence electrons. The van der Waals surface area contributed by atoms with E-state index < -0.39 is 0 Å². The molecule has 31 heavy (non-hydrogen) atoms. The molecule has 2 fully saturated rings. The van der Waals surface area contributed by atoms with Crippen molar-refractivity contribution in [2.75, 3.05) is 5.32 Å². The fourth-order valence-corrected chi connectivity index (χ4v) is 8.57. The Hall–Kier alpha value is -2.28. The molecule has 0 radical (unpaired) electrons. The van der Waals surface area contributed by atoms with Gasteiger partial charge in [-0.25, -0.2) is 15.0 Å². The predicted molar refractivity (Wildman–Crippen MR) is 125 cm³/mol. The van der Waals surface area contributed by atoms with Crippen LogP contribution in [0.1, 0.15) is 62.9 Å². The molecule has 0 aromatic carbocycles. The van der Waals surface area contributed by atoms with Gasteiger partial charge in [-0.05, 0) is 79.8 Å². The van der Waals surface area contributed by atoms with Gasteiger partial charge in [0.25, 0.3) is 0 Å². The molecular weight excluding hydrogens is 404 g/mol. The van der Waals surface area contributed by atoms with Gasteiger partial charge in [0.15, 0.2) is 5.13 Å².